The Balaban J connectivity index is 1.69. The molecule has 0 fully saturated rings. The summed E-state index contributed by atoms with van der Waals surface area (Å²) in [6, 6.07) is 9.77. The molecular weight excluding hydrogens is 288 g/mol. The van der Waals surface area contributed by atoms with E-state index >= 15 is 0 Å². The van der Waals surface area contributed by atoms with Gasteiger partial charge in [0.2, 0.25) is 0 Å². The highest BCUT2D eigenvalue weighted by molar-refractivity contribution is 5.84. The number of aromatic nitrogens is 5. The van der Waals surface area contributed by atoms with E-state index in [2.05, 4.69) is 25.4 Å². The monoisotopic (exact) mass is 302 g/mol. The zero-order valence-corrected chi connectivity index (χ0v) is 12.5. The fourth-order valence-electron chi connectivity index (χ4n) is 2.41. The Bertz CT molecular complexity index is 975. The second-order valence-electron chi connectivity index (χ2n) is 5.22. The second-order valence-corrected chi connectivity index (χ2v) is 5.22. The molecule has 0 bridgehead atoms. The van der Waals surface area contributed by atoms with Gasteiger partial charge >= 0.3 is 0 Å². The first-order chi connectivity index (χ1) is 11.3. The first kappa shape index (κ1) is 13.4. The van der Waals surface area contributed by atoms with Crippen molar-refractivity contribution in [2.24, 2.45) is 7.05 Å². The number of nitrogens with zero attached hydrogens (tertiary/aromatic N) is 5. The number of pyridine rings is 3. The summed E-state index contributed by atoms with van der Waals surface area (Å²) in [6.45, 7) is 0. The molecule has 4 heterocycles. The van der Waals surface area contributed by atoms with E-state index in [0.717, 1.165) is 33.7 Å². The van der Waals surface area contributed by atoms with Crippen LogP contribution >= 0.6 is 0 Å². The van der Waals surface area contributed by atoms with E-state index in [4.69, 9.17) is 0 Å². The smallest absolute Gasteiger partial charge is 0.153 e. The van der Waals surface area contributed by atoms with E-state index in [1.807, 2.05) is 56.0 Å². The molecule has 0 radical (unpaired) electrons. The molecule has 0 aliphatic carbocycles. The second kappa shape index (κ2) is 5.49. The molecule has 0 saturated heterocycles. The number of fused-ring (bicyclic) bond motifs is 1. The molecule has 112 valence electrons. The van der Waals surface area contributed by atoms with Crippen molar-refractivity contribution in [3.05, 3.63) is 61.3 Å². The maximum atomic E-state index is 4.53. The van der Waals surface area contributed by atoms with Crippen molar-refractivity contribution >= 4 is 22.4 Å². The SMILES string of the molecule is Cn1ccc(Nc2cc(-c3cc4cnccc4cn3)ccn2)n1. The number of rotatable bonds is 3. The highest BCUT2D eigenvalue weighted by atomic mass is 15.3. The van der Waals surface area contributed by atoms with E-state index in [9.17, 15) is 0 Å². The van der Waals surface area contributed by atoms with Crippen LogP contribution < -0.4 is 5.32 Å². The maximum Gasteiger partial charge on any atom is 0.153 e. The Kier molecular flexibility index (Phi) is 3.20. The summed E-state index contributed by atoms with van der Waals surface area (Å²) in [4.78, 5) is 13.0. The van der Waals surface area contributed by atoms with Gasteiger partial charge in [-0.25, -0.2) is 4.98 Å². The van der Waals surface area contributed by atoms with Gasteiger partial charge in [0.1, 0.15) is 5.82 Å². The summed E-state index contributed by atoms with van der Waals surface area (Å²) in [6.07, 6.45) is 9.11. The summed E-state index contributed by atoms with van der Waals surface area (Å²) in [5.41, 5.74) is 1.88. The highest BCUT2D eigenvalue weighted by Gasteiger charge is 2.05. The van der Waals surface area contributed by atoms with Gasteiger partial charge in [-0.05, 0) is 24.3 Å². The van der Waals surface area contributed by atoms with Crippen LogP contribution in [0, 0.1) is 0 Å². The lowest BCUT2D eigenvalue weighted by molar-refractivity contribution is 0.771. The van der Waals surface area contributed by atoms with Crippen LogP contribution in [0.15, 0.2) is 61.3 Å². The topological polar surface area (TPSA) is 68.5 Å². The standard InChI is InChI=1S/C17H14N6/c1-23-7-4-16(22-23)21-17-9-12(3-6-19-17)15-8-14-10-18-5-2-13(14)11-20-15/h2-11H,1H3,(H,19,21,22). The van der Waals surface area contributed by atoms with E-state index < -0.39 is 0 Å². The Morgan fingerprint density at radius 2 is 1.87 bits per heavy atom. The Hall–Kier alpha value is -3.28. The van der Waals surface area contributed by atoms with Crippen molar-refractivity contribution in [2.45, 2.75) is 0 Å². The first-order valence-corrected chi connectivity index (χ1v) is 7.21. The van der Waals surface area contributed by atoms with Gasteiger partial charge in [0.25, 0.3) is 0 Å². The molecule has 6 heteroatoms. The number of hydrogen-bond donors (Lipinski definition) is 1. The predicted octanol–water partition coefficient (Wildman–Crippen LogP) is 3.17. The average Bonchev–Trinajstić information content (AvgIpc) is 2.99. The lowest BCUT2D eigenvalue weighted by Crippen LogP contribution is -1.96. The Morgan fingerprint density at radius 1 is 0.913 bits per heavy atom. The number of nitrogens with one attached hydrogen (secondary N) is 1. The van der Waals surface area contributed by atoms with Crippen LogP contribution in [0.2, 0.25) is 0 Å². The van der Waals surface area contributed by atoms with Gasteiger partial charge in [-0.3, -0.25) is 14.6 Å². The molecule has 4 rings (SSSR count). The predicted molar refractivity (Wildman–Crippen MR) is 89.3 cm³/mol. The summed E-state index contributed by atoms with van der Waals surface area (Å²) >= 11 is 0. The third-order valence-electron chi connectivity index (χ3n) is 3.55. The molecule has 0 unspecified atom stereocenters. The number of aryl methyl sites for hydroxylation is 1. The summed E-state index contributed by atoms with van der Waals surface area (Å²) < 4.78 is 1.74. The van der Waals surface area contributed by atoms with Crippen LogP contribution in [0.5, 0.6) is 0 Å². The van der Waals surface area contributed by atoms with Gasteiger partial charge in [0, 0.05) is 60.4 Å². The first-order valence-electron chi connectivity index (χ1n) is 7.21. The van der Waals surface area contributed by atoms with Gasteiger partial charge in [0.15, 0.2) is 5.82 Å². The lowest BCUT2D eigenvalue weighted by atomic mass is 10.1. The third kappa shape index (κ3) is 2.74. The van der Waals surface area contributed by atoms with E-state index in [0.29, 0.717) is 0 Å². The molecule has 0 aromatic carbocycles. The highest BCUT2D eigenvalue weighted by Crippen LogP contribution is 2.23. The Labute approximate surface area is 132 Å². The van der Waals surface area contributed by atoms with Crippen LogP contribution in [-0.4, -0.2) is 24.7 Å². The molecule has 23 heavy (non-hydrogen) atoms. The molecule has 0 aliphatic heterocycles. The molecule has 4 aromatic rings. The third-order valence-corrected chi connectivity index (χ3v) is 3.55. The number of hydrogen-bond acceptors (Lipinski definition) is 5. The van der Waals surface area contributed by atoms with Crippen molar-refractivity contribution < 1.29 is 0 Å². The van der Waals surface area contributed by atoms with Crippen LogP contribution in [0.4, 0.5) is 11.6 Å². The van der Waals surface area contributed by atoms with Crippen LogP contribution in [0.25, 0.3) is 22.0 Å². The van der Waals surface area contributed by atoms with Gasteiger partial charge in [-0.15, -0.1) is 0 Å². The molecule has 0 aliphatic rings. The largest absolute Gasteiger partial charge is 0.323 e. The van der Waals surface area contributed by atoms with Crippen molar-refractivity contribution in [3.63, 3.8) is 0 Å². The van der Waals surface area contributed by atoms with Crippen LogP contribution in [-0.2, 0) is 7.05 Å². The van der Waals surface area contributed by atoms with Crippen molar-refractivity contribution in [3.8, 4) is 11.3 Å². The van der Waals surface area contributed by atoms with Crippen molar-refractivity contribution in [1.82, 2.24) is 24.7 Å². The van der Waals surface area contributed by atoms with E-state index in [1.165, 1.54) is 0 Å². The molecule has 1 N–H and O–H groups in total. The van der Waals surface area contributed by atoms with Crippen molar-refractivity contribution in [2.75, 3.05) is 5.32 Å². The normalized spacial score (nSPS) is 10.8. The van der Waals surface area contributed by atoms with Crippen LogP contribution in [0.1, 0.15) is 0 Å². The molecule has 0 atom stereocenters. The molecule has 0 amide bonds. The minimum atomic E-state index is 0.731. The molecular formula is C17H14N6. The number of anilines is 2. The quantitative estimate of drug-likeness (QED) is 0.629. The fraction of sp³-hybridized carbons (Fsp3) is 0.0588. The maximum absolute atomic E-state index is 4.53. The van der Waals surface area contributed by atoms with E-state index in [1.54, 1.807) is 17.1 Å². The van der Waals surface area contributed by atoms with Crippen LogP contribution in [0.3, 0.4) is 0 Å². The molecule has 0 saturated carbocycles. The summed E-state index contributed by atoms with van der Waals surface area (Å²) in [5.74, 6) is 1.49. The fourth-order valence-corrected chi connectivity index (χ4v) is 2.41. The van der Waals surface area contributed by atoms with Gasteiger partial charge in [-0.2, -0.15) is 5.10 Å². The zero-order chi connectivity index (χ0) is 15.6. The van der Waals surface area contributed by atoms with Gasteiger partial charge < -0.3 is 5.32 Å². The Morgan fingerprint density at radius 3 is 2.74 bits per heavy atom. The molecule has 0 spiro atoms. The van der Waals surface area contributed by atoms with Crippen molar-refractivity contribution in [1.29, 1.82) is 0 Å². The van der Waals surface area contributed by atoms with Gasteiger partial charge in [0.05, 0.1) is 5.69 Å². The summed E-state index contributed by atoms with van der Waals surface area (Å²) in [5, 5.41) is 9.62. The molecule has 4 aromatic heterocycles. The minimum Gasteiger partial charge on any atom is -0.323 e. The van der Waals surface area contributed by atoms with Gasteiger partial charge in [-0.1, -0.05) is 0 Å². The minimum absolute atomic E-state index is 0.731. The summed E-state index contributed by atoms with van der Waals surface area (Å²) in [7, 11) is 1.88. The lowest BCUT2D eigenvalue weighted by Gasteiger charge is -2.06. The average molecular weight is 302 g/mol. The zero-order valence-electron chi connectivity index (χ0n) is 12.5. The molecule has 6 nitrogen and oxygen atoms in total. The van der Waals surface area contributed by atoms with E-state index in [-0.39, 0.29) is 0 Å².